The molecule has 1 unspecified atom stereocenters. The number of ether oxygens (including phenoxy) is 1. The molecule has 1 fully saturated rings. The minimum absolute atomic E-state index is 0.0897. The Labute approximate surface area is 123 Å². The summed E-state index contributed by atoms with van der Waals surface area (Å²) in [5.74, 6) is -1.91. The maximum Gasteiger partial charge on any atom is 0.305 e. The van der Waals surface area contributed by atoms with Gasteiger partial charge in [-0.25, -0.2) is 0 Å². The van der Waals surface area contributed by atoms with Gasteiger partial charge in [0, 0.05) is 26.1 Å². The fourth-order valence-electron chi connectivity index (χ4n) is 2.29. The van der Waals surface area contributed by atoms with Crippen LogP contribution < -0.4 is 0 Å². The Morgan fingerprint density at radius 2 is 1.71 bits per heavy atom. The van der Waals surface area contributed by atoms with Crippen LogP contribution in [0.4, 0.5) is 0 Å². The van der Waals surface area contributed by atoms with E-state index in [2.05, 4.69) is 0 Å². The molecule has 1 heterocycles. The van der Waals surface area contributed by atoms with Gasteiger partial charge in [0.1, 0.15) is 6.10 Å². The molecular formula is C14H23NO6. The second-order valence-corrected chi connectivity index (χ2v) is 5.18. The predicted octanol–water partition coefficient (Wildman–Crippen LogP) is 1.11. The van der Waals surface area contributed by atoms with Gasteiger partial charge in [-0.15, -0.1) is 0 Å². The first-order valence-electron chi connectivity index (χ1n) is 7.34. The molecule has 1 atom stereocenters. The molecule has 0 saturated carbocycles. The van der Waals surface area contributed by atoms with E-state index in [4.69, 9.17) is 14.9 Å². The highest BCUT2D eigenvalue weighted by molar-refractivity contribution is 5.81. The molecule has 120 valence electrons. The van der Waals surface area contributed by atoms with Crippen LogP contribution in [0.3, 0.4) is 0 Å². The molecule has 0 aromatic carbocycles. The van der Waals surface area contributed by atoms with Crippen LogP contribution in [0.1, 0.15) is 44.9 Å². The van der Waals surface area contributed by atoms with E-state index < -0.39 is 18.0 Å². The van der Waals surface area contributed by atoms with E-state index in [0.29, 0.717) is 38.8 Å². The zero-order valence-electron chi connectivity index (χ0n) is 12.1. The quantitative estimate of drug-likeness (QED) is 0.586. The van der Waals surface area contributed by atoms with Crippen molar-refractivity contribution in [2.45, 2.75) is 51.0 Å². The first-order chi connectivity index (χ1) is 10.0. The van der Waals surface area contributed by atoms with Crippen molar-refractivity contribution in [2.75, 3.05) is 19.7 Å². The molecule has 0 aliphatic carbocycles. The van der Waals surface area contributed by atoms with Crippen molar-refractivity contribution in [1.82, 2.24) is 4.90 Å². The summed E-state index contributed by atoms with van der Waals surface area (Å²) in [4.78, 5) is 34.9. The molecule has 2 N–H and O–H groups in total. The third-order valence-electron chi connectivity index (χ3n) is 3.43. The van der Waals surface area contributed by atoms with Crippen LogP contribution in [0.2, 0.25) is 0 Å². The molecule has 0 radical (unpaired) electrons. The molecule has 21 heavy (non-hydrogen) atoms. The SMILES string of the molecule is O=C(O)CCCCCN(CCC(=O)O)C(=O)C1CCCO1. The van der Waals surface area contributed by atoms with Crippen LogP contribution in [0.15, 0.2) is 0 Å². The van der Waals surface area contributed by atoms with Gasteiger partial charge in [0.15, 0.2) is 0 Å². The third kappa shape index (κ3) is 7.08. The largest absolute Gasteiger partial charge is 0.481 e. The van der Waals surface area contributed by atoms with Crippen LogP contribution in [0, 0.1) is 0 Å². The van der Waals surface area contributed by atoms with Crippen molar-refractivity contribution >= 4 is 17.8 Å². The molecule has 0 aromatic heterocycles. The molecule has 1 saturated heterocycles. The van der Waals surface area contributed by atoms with Gasteiger partial charge >= 0.3 is 11.9 Å². The number of carbonyl (C=O) groups excluding carboxylic acids is 1. The number of rotatable bonds is 10. The molecule has 7 nitrogen and oxygen atoms in total. The highest BCUT2D eigenvalue weighted by atomic mass is 16.5. The second kappa shape index (κ2) is 9.33. The molecule has 1 aliphatic rings. The zero-order chi connectivity index (χ0) is 15.7. The van der Waals surface area contributed by atoms with Crippen molar-refractivity contribution in [3.63, 3.8) is 0 Å². The van der Waals surface area contributed by atoms with E-state index in [1.807, 2.05) is 0 Å². The van der Waals surface area contributed by atoms with E-state index in [-0.39, 0.29) is 25.3 Å². The number of aliphatic carboxylic acids is 2. The molecule has 1 amide bonds. The molecule has 0 aromatic rings. The lowest BCUT2D eigenvalue weighted by Crippen LogP contribution is -2.40. The van der Waals surface area contributed by atoms with Gasteiger partial charge in [-0.2, -0.15) is 0 Å². The monoisotopic (exact) mass is 301 g/mol. The first-order valence-corrected chi connectivity index (χ1v) is 7.34. The Bertz CT molecular complexity index is 364. The van der Waals surface area contributed by atoms with Crippen molar-refractivity contribution in [3.05, 3.63) is 0 Å². The van der Waals surface area contributed by atoms with Gasteiger partial charge in [0.05, 0.1) is 6.42 Å². The summed E-state index contributed by atoms with van der Waals surface area (Å²) >= 11 is 0. The van der Waals surface area contributed by atoms with E-state index in [1.54, 1.807) is 0 Å². The number of carboxylic acid groups (broad SMARTS) is 2. The third-order valence-corrected chi connectivity index (χ3v) is 3.43. The number of unbranched alkanes of at least 4 members (excludes halogenated alkanes) is 2. The van der Waals surface area contributed by atoms with Gasteiger partial charge in [-0.1, -0.05) is 6.42 Å². The Balaban J connectivity index is 2.37. The summed E-state index contributed by atoms with van der Waals surface area (Å²) in [5.41, 5.74) is 0. The summed E-state index contributed by atoms with van der Waals surface area (Å²) in [6, 6.07) is 0. The lowest BCUT2D eigenvalue weighted by molar-refractivity contribution is -0.143. The molecule has 7 heteroatoms. The maximum absolute atomic E-state index is 12.2. The van der Waals surface area contributed by atoms with Gasteiger partial charge in [0.2, 0.25) is 0 Å². The topological polar surface area (TPSA) is 104 Å². The highest BCUT2D eigenvalue weighted by Gasteiger charge is 2.28. The fourth-order valence-corrected chi connectivity index (χ4v) is 2.29. The number of nitrogens with zero attached hydrogens (tertiary/aromatic N) is 1. The van der Waals surface area contributed by atoms with Crippen LogP contribution >= 0.6 is 0 Å². The Morgan fingerprint density at radius 1 is 1.00 bits per heavy atom. The lowest BCUT2D eigenvalue weighted by atomic mass is 10.1. The summed E-state index contributed by atoms with van der Waals surface area (Å²) in [6.07, 6.45) is 3.06. The maximum atomic E-state index is 12.2. The second-order valence-electron chi connectivity index (χ2n) is 5.18. The molecular weight excluding hydrogens is 278 g/mol. The van der Waals surface area contributed by atoms with E-state index >= 15 is 0 Å². The standard InChI is InChI=1S/C14H23NO6/c16-12(17)6-2-1-3-8-15(9-7-13(18)19)14(20)11-5-4-10-21-11/h11H,1-10H2,(H,16,17)(H,18,19). The van der Waals surface area contributed by atoms with Crippen LogP contribution in [0.5, 0.6) is 0 Å². The van der Waals surface area contributed by atoms with Gasteiger partial charge in [-0.3, -0.25) is 14.4 Å². The summed E-state index contributed by atoms with van der Waals surface area (Å²) < 4.78 is 5.35. The minimum Gasteiger partial charge on any atom is -0.481 e. The lowest BCUT2D eigenvalue weighted by Gasteiger charge is -2.24. The predicted molar refractivity (Wildman–Crippen MR) is 73.9 cm³/mol. The smallest absolute Gasteiger partial charge is 0.305 e. The zero-order valence-corrected chi connectivity index (χ0v) is 12.1. The van der Waals surface area contributed by atoms with Crippen molar-refractivity contribution in [1.29, 1.82) is 0 Å². The Kier molecular flexibility index (Phi) is 7.74. The normalized spacial score (nSPS) is 17.6. The highest BCUT2D eigenvalue weighted by Crippen LogP contribution is 2.15. The number of carbonyl (C=O) groups is 3. The number of amides is 1. The van der Waals surface area contributed by atoms with Gasteiger partial charge in [0.25, 0.3) is 5.91 Å². The number of hydrogen-bond donors (Lipinski definition) is 2. The average molecular weight is 301 g/mol. The number of carboxylic acids is 2. The summed E-state index contributed by atoms with van der Waals surface area (Å²) in [7, 11) is 0. The minimum atomic E-state index is -0.939. The van der Waals surface area contributed by atoms with E-state index in [1.165, 1.54) is 4.90 Å². The fraction of sp³-hybridized carbons (Fsp3) is 0.786. The average Bonchev–Trinajstić information content (AvgIpc) is 2.94. The number of hydrogen-bond acceptors (Lipinski definition) is 4. The van der Waals surface area contributed by atoms with Crippen LogP contribution in [-0.2, 0) is 19.1 Å². The van der Waals surface area contributed by atoms with Crippen molar-refractivity contribution < 1.29 is 29.3 Å². The molecule has 1 aliphatic heterocycles. The molecule has 0 spiro atoms. The van der Waals surface area contributed by atoms with E-state index in [9.17, 15) is 14.4 Å². The summed E-state index contributed by atoms with van der Waals surface area (Å²) in [5, 5.41) is 17.3. The Morgan fingerprint density at radius 3 is 2.29 bits per heavy atom. The van der Waals surface area contributed by atoms with E-state index in [0.717, 1.165) is 6.42 Å². The van der Waals surface area contributed by atoms with Gasteiger partial charge < -0.3 is 19.8 Å². The molecule has 1 rings (SSSR count). The first kappa shape index (κ1) is 17.4. The Hall–Kier alpha value is -1.63. The van der Waals surface area contributed by atoms with Crippen LogP contribution in [0.25, 0.3) is 0 Å². The van der Waals surface area contributed by atoms with Gasteiger partial charge in [-0.05, 0) is 25.7 Å². The molecule has 0 bridgehead atoms. The van der Waals surface area contributed by atoms with Crippen molar-refractivity contribution in [3.8, 4) is 0 Å². The van der Waals surface area contributed by atoms with Crippen molar-refractivity contribution in [2.24, 2.45) is 0 Å². The van der Waals surface area contributed by atoms with Crippen LogP contribution in [-0.4, -0.2) is 58.8 Å². The summed E-state index contributed by atoms with van der Waals surface area (Å²) in [6.45, 7) is 1.19.